The molecule has 1 aliphatic rings. The van der Waals surface area contributed by atoms with Gasteiger partial charge in [0.05, 0.1) is 41.7 Å². The molecule has 1 fully saturated rings. The Morgan fingerprint density at radius 2 is 1.90 bits per heavy atom. The number of fused-ring (bicyclic) bond motifs is 1. The summed E-state index contributed by atoms with van der Waals surface area (Å²) in [6, 6.07) is 2.12. The molecular formula is C21H22N8O. The predicted octanol–water partition coefficient (Wildman–Crippen LogP) is 2.62. The van der Waals surface area contributed by atoms with E-state index in [9.17, 15) is 0 Å². The van der Waals surface area contributed by atoms with Crippen molar-refractivity contribution in [3.63, 3.8) is 0 Å². The van der Waals surface area contributed by atoms with Gasteiger partial charge in [0.15, 0.2) is 5.82 Å². The van der Waals surface area contributed by atoms with Gasteiger partial charge in [0, 0.05) is 23.8 Å². The largest absolute Gasteiger partial charge is 0.473 e. The maximum absolute atomic E-state index is 6.07. The molecule has 0 aromatic carbocycles. The van der Waals surface area contributed by atoms with Crippen LogP contribution in [0.2, 0.25) is 0 Å². The lowest BCUT2D eigenvalue weighted by Gasteiger charge is -2.26. The van der Waals surface area contributed by atoms with E-state index in [1.54, 1.807) is 41.9 Å². The summed E-state index contributed by atoms with van der Waals surface area (Å²) in [5.74, 6) is 1.06. The standard InChI is InChI=1S/C21H22N8O/c1-13-7-23-10-18(27-13)17-6-19-14(8-25-17)9-26-29(19)20-11-24-12-21(28-20)30-16-4-2-3-15(22)5-16/h6-12,15-16H,2-5,22H2,1H3. The second-order valence-electron chi connectivity index (χ2n) is 7.61. The number of pyridine rings is 1. The average Bonchev–Trinajstić information content (AvgIpc) is 3.17. The van der Waals surface area contributed by atoms with Crippen LogP contribution in [0.3, 0.4) is 0 Å². The lowest BCUT2D eigenvalue weighted by atomic mass is 9.94. The van der Waals surface area contributed by atoms with E-state index in [0.29, 0.717) is 17.4 Å². The lowest BCUT2D eigenvalue weighted by Crippen LogP contribution is -2.33. The van der Waals surface area contributed by atoms with Gasteiger partial charge < -0.3 is 10.5 Å². The van der Waals surface area contributed by atoms with Crippen molar-refractivity contribution in [3.05, 3.63) is 48.9 Å². The Morgan fingerprint density at radius 1 is 1.00 bits per heavy atom. The SMILES string of the molecule is Cc1cncc(-c2cc3c(cn2)cnn3-c2cncc(OC3CCCC(N)C3)n2)n1. The van der Waals surface area contributed by atoms with Gasteiger partial charge in [0.25, 0.3) is 0 Å². The third-order valence-electron chi connectivity index (χ3n) is 5.24. The number of hydrogen-bond donors (Lipinski definition) is 1. The number of nitrogens with two attached hydrogens (primary N) is 1. The summed E-state index contributed by atoms with van der Waals surface area (Å²) in [5, 5.41) is 5.37. The maximum atomic E-state index is 6.07. The van der Waals surface area contributed by atoms with E-state index in [1.807, 2.05) is 13.0 Å². The normalized spacial score (nSPS) is 19.1. The molecule has 4 heterocycles. The Morgan fingerprint density at radius 3 is 2.77 bits per heavy atom. The second-order valence-corrected chi connectivity index (χ2v) is 7.61. The zero-order valence-corrected chi connectivity index (χ0v) is 16.6. The van der Waals surface area contributed by atoms with E-state index >= 15 is 0 Å². The minimum Gasteiger partial charge on any atom is -0.473 e. The molecule has 9 heteroatoms. The number of hydrogen-bond acceptors (Lipinski definition) is 8. The Balaban J connectivity index is 1.48. The molecule has 0 radical (unpaired) electrons. The van der Waals surface area contributed by atoms with Crippen LogP contribution < -0.4 is 10.5 Å². The van der Waals surface area contributed by atoms with E-state index in [1.165, 1.54) is 0 Å². The molecule has 4 aromatic heterocycles. The number of ether oxygens (including phenoxy) is 1. The van der Waals surface area contributed by atoms with E-state index in [0.717, 1.165) is 48.0 Å². The molecule has 2 atom stereocenters. The fourth-order valence-corrected chi connectivity index (χ4v) is 3.79. The third kappa shape index (κ3) is 3.71. The lowest BCUT2D eigenvalue weighted by molar-refractivity contribution is 0.138. The van der Waals surface area contributed by atoms with Crippen molar-refractivity contribution in [3.8, 4) is 23.1 Å². The van der Waals surface area contributed by atoms with E-state index in [4.69, 9.17) is 10.5 Å². The first-order chi connectivity index (χ1) is 14.7. The molecule has 0 spiro atoms. The number of aryl methyl sites for hydroxylation is 1. The molecule has 1 aliphatic carbocycles. The Bertz CT molecular complexity index is 1190. The van der Waals surface area contributed by atoms with Crippen LogP contribution in [0.25, 0.3) is 28.1 Å². The van der Waals surface area contributed by atoms with Crippen LogP contribution in [0.5, 0.6) is 5.88 Å². The molecule has 0 bridgehead atoms. The summed E-state index contributed by atoms with van der Waals surface area (Å²) in [5.41, 5.74) is 9.19. The van der Waals surface area contributed by atoms with E-state index < -0.39 is 0 Å². The van der Waals surface area contributed by atoms with Crippen molar-refractivity contribution in [1.29, 1.82) is 0 Å². The summed E-state index contributed by atoms with van der Waals surface area (Å²) >= 11 is 0. The highest BCUT2D eigenvalue weighted by Crippen LogP contribution is 2.24. The summed E-state index contributed by atoms with van der Waals surface area (Å²) in [6.45, 7) is 1.90. The minimum atomic E-state index is 0.0726. The van der Waals surface area contributed by atoms with E-state index in [2.05, 4.69) is 30.0 Å². The van der Waals surface area contributed by atoms with Crippen LogP contribution >= 0.6 is 0 Å². The minimum absolute atomic E-state index is 0.0726. The molecule has 0 aliphatic heterocycles. The number of rotatable bonds is 4. The Hall–Kier alpha value is -3.46. The van der Waals surface area contributed by atoms with Crippen molar-refractivity contribution in [2.45, 2.75) is 44.8 Å². The fourth-order valence-electron chi connectivity index (χ4n) is 3.79. The summed E-state index contributed by atoms with van der Waals surface area (Å²) in [6.07, 6.45) is 14.2. The van der Waals surface area contributed by atoms with Crippen LogP contribution in [0.15, 0.2) is 43.2 Å². The maximum Gasteiger partial charge on any atom is 0.234 e. The highest BCUT2D eigenvalue weighted by molar-refractivity contribution is 5.82. The van der Waals surface area contributed by atoms with Crippen LogP contribution in [0.1, 0.15) is 31.4 Å². The van der Waals surface area contributed by atoms with Gasteiger partial charge in [-0.2, -0.15) is 10.1 Å². The van der Waals surface area contributed by atoms with Crippen LogP contribution in [-0.4, -0.2) is 46.8 Å². The molecule has 2 unspecified atom stereocenters. The highest BCUT2D eigenvalue weighted by Gasteiger charge is 2.21. The first kappa shape index (κ1) is 18.6. The van der Waals surface area contributed by atoms with Gasteiger partial charge in [-0.05, 0) is 38.7 Å². The van der Waals surface area contributed by atoms with Gasteiger partial charge in [0.1, 0.15) is 11.8 Å². The highest BCUT2D eigenvalue weighted by atomic mass is 16.5. The van der Waals surface area contributed by atoms with Gasteiger partial charge in [-0.25, -0.2) is 9.67 Å². The van der Waals surface area contributed by atoms with Gasteiger partial charge in [-0.15, -0.1) is 0 Å². The first-order valence-corrected chi connectivity index (χ1v) is 10.0. The van der Waals surface area contributed by atoms with Crippen molar-refractivity contribution < 1.29 is 4.74 Å². The molecule has 152 valence electrons. The third-order valence-corrected chi connectivity index (χ3v) is 5.24. The predicted molar refractivity (Wildman–Crippen MR) is 111 cm³/mol. The molecular weight excluding hydrogens is 380 g/mol. The Kier molecular flexibility index (Phi) is 4.80. The molecule has 0 saturated heterocycles. The molecule has 30 heavy (non-hydrogen) atoms. The van der Waals surface area contributed by atoms with Gasteiger partial charge in [-0.1, -0.05) is 0 Å². The monoisotopic (exact) mass is 402 g/mol. The molecule has 5 rings (SSSR count). The zero-order valence-electron chi connectivity index (χ0n) is 16.6. The fraction of sp³-hybridized carbons (Fsp3) is 0.333. The average molecular weight is 402 g/mol. The molecule has 4 aromatic rings. The van der Waals surface area contributed by atoms with Crippen molar-refractivity contribution in [2.75, 3.05) is 0 Å². The van der Waals surface area contributed by atoms with Gasteiger partial charge >= 0.3 is 0 Å². The summed E-state index contributed by atoms with van der Waals surface area (Å²) in [4.78, 5) is 22.2. The first-order valence-electron chi connectivity index (χ1n) is 10.0. The second kappa shape index (κ2) is 7.75. The van der Waals surface area contributed by atoms with Gasteiger partial charge in [0.2, 0.25) is 5.88 Å². The number of aromatic nitrogens is 7. The smallest absolute Gasteiger partial charge is 0.234 e. The van der Waals surface area contributed by atoms with E-state index in [-0.39, 0.29) is 12.1 Å². The Labute approximate surface area is 173 Å². The molecule has 1 saturated carbocycles. The topological polar surface area (TPSA) is 118 Å². The van der Waals surface area contributed by atoms with Crippen LogP contribution in [-0.2, 0) is 0 Å². The van der Waals surface area contributed by atoms with Crippen LogP contribution in [0.4, 0.5) is 0 Å². The number of nitrogens with zero attached hydrogens (tertiary/aromatic N) is 7. The van der Waals surface area contributed by atoms with Crippen molar-refractivity contribution in [2.24, 2.45) is 5.73 Å². The summed E-state index contributed by atoms with van der Waals surface area (Å²) in [7, 11) is 0. The van der Waals surface area contributed by atoms with Crippen molar-refractivity contribution in [1.82, 2.24) is 34.7 Å². The van der Waals surface area contributed by atoms with Gasteiger partial charge in [-0.3, -0.25) is 15.0 Å². The van der Waals surface area contributed by atoms with Crippen LogP contribution in [0, 0.1) is 6.92 Å². The molecule has 9 nitrogen and oxygen atoms in total. The molecule has 0 amide bonds. The van der Waals surface area contributed by atoms with Crippen molar-refractivity contribution >= 4 is 10.9 Å². The quantitative estimate of drug-likeness (QED) is 0.553. The zero-order chi connectivity index (χ0) is 20.5. The summed E-state index contributed by atoms with van der Waals surface area (Å²) < 4.78 is 7.79. The molecule has 2 N–H and O–H groups in total.